The Labute approximate surface area is 165 Å². The fourth-order valence-corrected chi connectivity index (χ4v) is 2.84. The van der Waals surface area contributed by atoms with Crippen molar-refractivity contribution in [3.05, 3.63) is 46.2 Å². The molecule has 0 spiro atoms. The third kappa shape index (κ3) is 7.12. The van der Waals surface area contributed by atoms with E-state index in [0.29, 0.717) is 12.5 Å². The Morgan fingerprint density at radius 3 is 2.71 bits per heavy atom. The molecule has 0 aliphatic carbocycles. The van der Waals surface area contributed by atoms with E-state index in [1.165, 1.54) is 5.01 Å². The Morgan fingerprint density at radius 2 is 2.08 bits per heavy atom. The first-order valence-electron chi connectivity index (χ1n) is 8.05. The largest absolute Gasteiger partial charge is 0.357 e. The van der Waals surface area contributed by atoms with Crippen LogP contribution >= 0.6 is 35.3 Å². The highest BCUT2D eigenvalue weighted by Crippen LogP contribution is 2.19. The SMILES string of the molecule is CCNC(=NCc1csc(C(C)C)n1)NCCc1ccccn1.I. The van der Waals surface area contributed by atoms with Crippen molar-refractivity contribution >= 4 is 41.3 Å². The topological polar surface area (TPSA) is 62.2 Å². The van der Waals surface area contributed by atoms with Gasteiger partial charge in [-0.25, -0.2) is 9.98 Å². The summed E-state index contributed by atoms with van der Waals surface area (Å²) in [5, 5.41) is 9.87. The zero-order valence-electron chi connectivity index (χ0n) is 14.5. The molecule has 0 radical (unpaired) electrons. The first kappa shape index (κ1) is 20.8. The number of aromatic nitrogens is 2. The second kappa shape index (κ2) is 11.4. The van der Waals surface area contributed by atoms with Crippen molar-refractivity contribution < 1.29 is 0 Å². The molecule has 0 aliphatic heterocycles. The molecule has 0 fully saturated rings. The highest BCUT2D eigenvalue weighted by Gasteiger charge is 2.05. The molecule has 0 aromatic carbocycles. The van der Waals surface area contributed by atoms with E-state index in [0.717, 1.165) is 36.9 Å². The number of nitrogens with one attached hydrogen (secondary N) is 2. The second-order valence-electron chi connectivity index (χ2n) is 5.52. The lowest BCUT2D eigenvalue weighted by Gasteiger charge is -2.10. The van der Waals surface area contributed by atoms with E-state index in [1.54, 1.807) is 11.3 Å². The predicted octanol–water partition coefficient (Wildman–Crippen LogP) is 3.58. The number of aliphatic imine (C=N–C) groups is 1. The van der Waals surface area contributed by atoms with Crippen molar-refractivity contribution in [3.63, 3.8) is 0 Å². The van der Waals surface area contributed by atoms with Crippen molar-refractivity contribution in [1.82, 2.24) is 20.6 Å². The van der Waals surface area contributed by atoms with Gasteiger partial charge in [0.1, 0.15) is 0 Å². The zero-order chi connectivity index (χ0) is 16.5. The van der Waals surface area contributed by atoms with Crippen LogP contribution in [0.2, 0.25) is 0 Å². The number of pyridine rings is 1. The summed E-state index contributed by atoms with van der Waals surface area (Å²) >= 11 is 1.71. The molecule has 132 valence electrons. The first-order chi connectivity index (χ1) is 11.2. The van der Waals surface area contributed by atoms with Gasteiger partial charge in [0, 0.05) is 42.7 Å². The van der Waals surface area contributed by atoms with Crippen molar-refractivity contribution in [1.29, 1.82) is 0 Å². The Morgan fingerprint density at radius 1 is 1.25 bits per heavy atom. The average Bonchev–Trinajstić information content (AvgIpc) is 3.03. The number of halogens is 1. The maximum absolute atomic E-state index is 4.62. The maximum atomic E-state index is 4.62. The van der Waals surface area contributed by atoms with Crippen LogP contribution < -0.4 is 10.6 Å². The summed E-state index contributed by atoms with van der Waals surface area (Å²) in [6, 6.07) is 5.98. The monoisotopic (exact) mass is 459 g/mol. The number of thiazole rings is 1. The Hall–Kier alpha value is -1.22. The number of guanidine groups is 1. The summed E-state index contributed by atoms with van der Waals surface area (Å²) in [6.07, 6.45) is 2.70. The van der Waals surface area contributed by atoms with Gasteiger partial charge in [-0.05, 0) is 19.1 Å². The molecule has 0 bridgehead atoms. The molecule has 0 saturated heterocycles. The summed E-state index contributed by atoms with van der Waals surface area (Å²) in [5.74, 6) is 1.30. The minimum absolute atomic E-state index is 0. The van der Waals surface area contributed by atoms with E-state index < -0.39 is 0 Å². The van der Waals surface area contributed by atoms with Gasteiger partial charge in [0.25, 0.3) is 0 Å². The molecule has 0 aliphatic rings. The van der Waals surface area contributed by atoms with E-state index in [2.05, 4.69) is 51.7 Å². The molecule has 0 amide bonds. The van der Waals surface area contributed by atoms with Crippen LogP contribution in [0.15, 0.2) is 34.8 Å². The number of rotatable bonds is 7. The molecule has 0 unspecified atom stereocenters. The van der Waals surface area contributed by atoms with Gasteiger partial charge in [-0.1, -0.05) is 19.9 Å². The molecule has 2 aromatic heterocycles. The quantitative estimate of drug-likeness (QED) is 0.378. The van der Waals surface area contributed by atoms with Gasteiger partial charge in [0.15, 0.2) is 5.96 Å². The minimum Gasteiger partial charge on any atom is -0.357 e. The van der Waals surface area contributed by atoms with E-state index in [4.69, 9.17) is 0 Å². The van der Waals surface area contributed by atoms with Crippen LogP contribution in [-0.4, -0.2) is 29.0 Å². The smallest absolute Gasteiger partial charge is 0.191 e. The molecule has 24 heavy (non-hydrogen) atoms. The fraction of sp³-hybridized carbons (Fsp3) is 0.471. The van der Waals surface area contributed by atoms with Gasteiger partial charge >= 0.3 is 0 Å². The van der Waals surface area contributed by atoms with Crippen LogP contribution in [0.4, 0.5) is 0 Å². The van der Waals surface area contributed by atoms with Crippen LogP contribution in [0.1, 0.15) is 43.1 Å². The Balaban J connectivity index is 0.00000288. The number of nitrogens with zero attached hydrogens (tertiary/aromatic N) is 3. The van der Waals surface area contributed by atoms with Gasteiger partial charge in [-0.2, -0.15) is 0 Å². The molecular weight excluding hydrogens is 433 g/mol. The van der Waals surface area contributed by atoms with Crippen LogP contribution in [0.3, 0.4) is 0 Å². The normalized spacial score (nSPS) is 11.2. The van der Waals surface area contributed by atoms with Gasteiger partial charge < -0.3 is 10.6 Å². The van der Waals surface area contributed by atoms with Gasteiger partial charge in [-0.3, -0.25) is 4.98 Å². The van der Waals surface area contributed by atoms with Crippen molar-refractivity contribution in [2.45, 2.75) is 39.7 Å². The maximum Gasteiger partial charge on any atom is 0.191 e. The van der Waals surface area contributed by atoms with E-state index in [1.807, 2.05) is 24.4 Å². The van der Waals surface area contributed by atoms with Crippen LogP contribution in [0.25, 0.3) is 0 Å². The summed E-state index contributed by atoms with van der Waals surface area (Å²) in [7, 11) is 0. The van der Waals surface area contributed by atoms with Gasteiger partial charge in [0.2, 0.25) is 0 Å². The lowest BCUT2D eigenvalue weighted by Crippen LogP contribution is -2.38. The molecule has 0 atom stereocenters. The summed E-state index contributed by atoms with van der Waals surface area (Å²) < 4.78 is 0. The summed E-state index contributed by atoms with van der Waals surface area (Å²) in [5.41, 5.74) is 2.11. The summed E-state index contributed by atoms with van der Waals surface area (Å²) in [4.78, 5) is 13.5. The number of hydrogen-bond acceptors (Lipinski definition) is 4. The molecule has 2 N–H and O–H groups in total. The lowest BCUT2D eigenvalue weighted by atomic mass is 10.2. The molecule has 2 heterocycles. The predicted molar refractivity (Wildman–Crippen MR) is 112 cm³/mol. The first-order valence-corrected chi connectivity index (χ1v) is 8.93. The third-order valence-corrected chi connectivity index (χ3v) is 4.40. The molecule has 2 aromatic rings. The number of hydrogen-bond donors (Lipinski definition) is 2. The third-order valence-electron chi connectivity index (χ3n) is 3.21. The summed E-state index contributed by atoms with van der Waals surface area (Å²) in [6.45, 7) is 8.63. The van der Waals surface area contributed by atoms with E-state index in [9.17, 15) is 0 Å². The van der Waals surface area contributed by atoms with Crippen molar-refractivity contribution in [2.75, 3.05) is 13.1 Å². The second-order valence-corrected chi connectivity index (χ2v) is 6.41. The highest BCUT2D eigenvalue weighted by atomic mass is 127. The fourth-order valence-electron chi connectivity index (χ4n) is 2.02. The Bertz CT molecular complexity index is 612. The van der Waals surface area contributed by atoms with E-state index >= 15 is 0 Å². The molecule has 2 rings (SSSR count). The minimum atomic E-state index is 0. The molecule has 7 heteroatoms. The van der Waals surface area contributed by atoms with Crippen molar-refractivity contribution in [2.24, 2.45) is 4.99 Å². The molecule has 0 saturated carbocycles. The standard InChI is InChI=1S/C17H25N5S.HI/c1-4-18-17(20-10-8-14-7-5-6-9-19-14)21-11-15-12-23-16(22-15)13(2)3;/h5-7,9,12-13H,4,8,10-11H2,1-3H3,(H2,18,20,21);1H. The lowest BCUT2D eigenvalue weighted by molar-refractivity contribution is 0.784. The van der Waals surface area contributed by atoms with Gasteiger partial charge in [-0.15, -0.1) is 35.3 Å². The van der Waals surface area contributed by atoms with E-state index in [-0.39, 0.29) is 24.0 Å². The average molecular weight is 459 g/mol. The highest BCUT2D eigenvalue weighted by molar-refractivity contribution is 14.0. The van der Waals surface area contributed by atoms with Crippen molar-refractivity contribution in [3.8, 4) is 0 Å². The molecular formula is C17H26IN5S. The Kier molecular flexibility index (Phi) is 9.85. The van der Waals surface area contributed by atoms with Crippen LogP contribution in [-0.2, 0) is 13.0 Å². The van der Waals surface area contributed by atoms with Crippen LogP contribution in [0.5, 0.6) is 0 Å². The van der Waals surface area contributed by atoms with Crippen LogP contribution in [0, 0.1) is 0 Å². The zero-order valence-corrected chi connectivity index (χ0v) is 17.6. The molecule has 5 nitrogen and oxygen atoms in total. The van der Waals surface area contributed by atoms with Gasteiger partial charge in [0.05, 0.1) is 17.2 Å².